The molecular formula is C24H24ClN3O3. The van der Waals surface area contributed by atoms with E-state index in [4.69, 9.17) is 11.6 Å². The molecule has 0 atom stereocenters. The van der Waals surface area contributed by atoms with Crippen LogP contribution < -0.4 is 10.2 Å². The maximum absolute atomic E-state index is 12.9. The molecule has 1 saturated carbocycles. The zero-order valence-electron chi connectivity index (χ0n) is 17.3. The Bertz CT molecular complexity index is 1030. The number of para-hydroxylation sites is 1. The van der Waals surface area contributed by atoms with Gasteiger partial charge in [0.2, 0.25) is 0 Å². The first kappa shape index (κ1) is 21.1. The molecule has 0 spiro atoms. The van der Waals surface area contributed by atoms with Crippen molar-refractivity contribution in [3.63, 3.8) is 0 Å². The summed E-state index contributed by atoms with van der Waals surface area (Å²) < 4.78 is 0. The van der Waals surface area contributed by atoms with Gasteiger partial charge in [-0.1, -0.05) is 49.1 Å². The van der Waals surface area contributed by atoms with Gasteiger partial charge in [0.15, 0.2) is 0 Å². The smallest absolute Gasteiger partial charge is 0.279 e. The molecular weight excluding hydrogens is 414 g/mol. The predicted molar refractivity (Wildman–Crippen MR) is 121 cm³/mol. The van der Waals surface area contributed by atoms with Crippen LogP contribution in [0.2, 0.25) is 0 Å². The molecule has 31 heavy (non-hydrogen) atoms. The highest BCUT2D eigenvalue weighted by Crippen LogP contribution is 2.32. The van der Waals surface area contributed by atoms with Crippen LogP contribution in [0.1, 0.15) is 42.5 Å². The summed E-state index contributed by atoms with van der Waals surface area (Å²) in [6, 6.07) is 16.0. The number of carbonyl (C=O) groups is 3. The molecule has 2 aliphatic rings. The van der Waals surface area contributed by atoms with E-state index in [1.165, 1.54) is 4.90 Å². The van der Waals surface area contributed by atoms with Crippen LogP contribution in [-0.2, 0) is 9.59 Å². The van der Waals surface area contributed by atoms with Crippen molar-refractivity contribution in [2.24, 2.45) is 0 Å². The van der Waals surface area contributed by atoms with Gasteiger partial charge in [0.25, 0.3) is 17.7 Å². The van der Waals surface area contributed by atoms with Gasteiger partial charge in [0, 0.05) is 30.0 Å². The van der Waals surface area contributed by atoms with Gasteiger partial charge in [-0.05, 0) is 49.2 Å². The Morgan fingerprint density at radius 2 is 1.61 bits per heavy atom. The van der Waals surface area contributed by atoms with Gasteiger partial charge in [-0.3, -0.25) is 19.3 Å². The van der Waals surface area contributed by atoms with Crippen molar-refractivity contribution in [1.29, 1.82) is 0 Å². The molecule has 0 unspecified atom stereocenters. The lowest BCUT2D eigenvalue weighted by atomic mass is 9.94. The highest BCUT2D eigenvalue weighted by Gasteiger charge is 2.42. The summed E-state index contributed by atoms with van der Waals surface area (Å²) in [4.78, 5) is 41.1. The van der Waals surface area contributed by atoms with Gasteiger partial charge in [-0.15, -0.1) is 0 Å². The van der Waals surface area contributed by atoms with E-state index >= 15 is 0 Å². The number of nitrogens with zero attached hydrogens (tertiary/aromatic N) is 2. The van der Waals surface area contributed by atoms with Crippen LogP contribution in [-0.4, -0.2) is 35.7 Å². The summed E-state index contributed by atoms with van der Waals surface area (Å²) >= 11 is 6.22. The van der Waals surface area contributed by atoms with Crippen LogP contribution in [0.15, 0.2) is 65.3 Å². The third kappa shape index (κ3) is 4.21. The topological polar surface area (TPSA) is 69.7 Å². The maximum atomic E-state index is 12.9. The van der Waals surface area contributed by atoms with Crippen LogP contribution >= 0.6 is 11.6 Å². The molecule has 0 radical (unpaired) electrons. The second-order valence-electron chi connectivity index (χ2n) is 7.86. The lowest BCUT2D eigenvalue weighted by Crippen LogP contribution is -2.42. The molecule has 7 heteroatoms. The Morgan fingerprint density at radius 1 is 0.968 bits per heavy atom. The number of hydrogen-bond acceptors (Lipinski definition) is 4. The Hall–Kier alpha value is -3.12. The molecule has 0 bridgehead atoms. The molecule has 0 saturated heterocycles. The normalized spacial score (nSPS) is 17.3. The molecule has 1 fully saturated rings. The summed E-state index contributed by atoms with van der Waals surface area (Å²) in [7, 11) is 1.72. The van der Waals surface area contributed by atoms with Gasteiger partial charge in [0.05, 0.1) is 0 Å². The molecule has 1 aliphatic heterocycles. The highest BCUT2D eigenvalue weighted by atomic mass is 35.5. The van der Waals surface area contributed by atoms with Crippen LogP contribution in [0.3, 0.4) is 0 Å². The predicted octanol–water partition coefficient (Wildman–Crippen LogP) is 4.53. The van der Waals surface area contributed by atoms with E-state index in [2.05, 4.69) is 5.32 Å². The fourth-order valence-corrected chi connectivity index (χ4v) is 4.32. The first-order valence-electron chi connectivity index (χ1n) is 10.4. The standard InChI is InChI=1S/C24H24ClN3O3/c1-27(18-8-4-2-5-9-18)22(29)16-12-14-17(15-13-16)26-21-20(25)23(30)28(24(21)31)19-10-6-3-7-11-19/h2,4-5,8-9,12-15,19,26H,3,6-7,10-11H2,1H3. The lowest BCUT2D eigenvalue weighted by molar-refractivity contribution is -0.140. The third-order valence-corrected chi connectivity index (χ3v) is 6.20. The van der Waals surface area contributed by atoms with E-state index < -0.39 is 5.91 Å². The Morgan fingerprint density at radius 3 is 2.26 bits per heavy atom. The average molecular weight is 438 g/mol. The number of imide groups is 1. The molecule has 1 heterocycles. The zero-order valence-corrected chi connectivity index (χ0v) is 18.1. The van der Waals surface area contributed by atoms with E-state index in [0.29, 0.717) is 11.3 Å². The number of carbonyl (C=O) groups excluding carboxylic acids is 3. The average Bonchev–Trinajstić information content (AvgIpc) is 3.02. The second kappa shape index (κ2) is 8.94. The fourth-order valence-electron chi connectivity index (χ4n) is 4.10. The molecule has 6 nitrogen and oxygen atoms in total. The number of nitrogens with one attached hydrogen (secondary N) is 1. The van der Waals surface area contributed by atoms with Crippen LogP contribution in [0.4, 0.5) is 11.4 Å². The third-order valence-electron chi connectivity index (χ3n) is 5.85. The van der Waals surface area contributed by atoms with E-state index in [-0.39, 0.29) is 28.6 Å². The minimum absolute atomic E-state index is 0.0838. The van der Waals surface area contributed by atoms with Crippen molar-refractivity contribution in [3.05, 3.63) is 70.9 Å². The SMILES string of the molecule is CN(C(=O)c1ccc(NC2=C(Cl)C(=O)N(C3CCCCC3)C2=O)cc1)c1ccccc1. The summed E-state index contributed by atoms with van der Waals surface area (Å²) in [5.41, 5.74) is 1.98. The first-order valence-corrected chi connectivity index (χ1v) is 10.8. The summed E-state index contributed by atoms with van der Waals surface area (Å²) in [5.74, 6) is -0.964. The monoisotopic (exact) mass is 437 g/mol. The highest BCUT2D eigenvalue weighted by molar-refractivity contribution is 6.48. The molecule has 1 N–H and O–H groups in total. The largest absolute Gasteiger partial charge is 0.350 e. The number of anilines is 2. The van der Waals surface area contributed by atoms with Gasteiger partial charge in [-0.25, -0.2) is 0 Å². The summed E-state index contributed by atoms with van der Waals surface area (Å²) in [5, 5.41) is 2.89. The van der Waals surface area contributed by atoms with Crippen molar-refractivity contribution >= 4 is 40.7 Å². The van der Waals surface area contributed by atoms with E-state index in [1.54, 1.807) is 36.2 Å². The zero-order chi connectivity index (χ0) is 22.0. The summed E-state index contributed by atoms with van der Waals surface area (Å²) in [6.07, 6.45) is 4.79. The minimum Gasteiger partial charge on any atom is -0.350 e. The number of halogens is 1. The lowest BCUT2D eigenvalue weighted by Gasteiger charge is -2.29. The first-order chi connectivity index (χ1) is 15.0. The molecule has 160 valence electrons. The molecule has 2 aromatic carbocycles. The van der Waals surface area contributed by atoms with Crippen molar-refractivity contribution in [2.45, 2.75) is 38.1 Å². The van der Waals surface area contributed by atoms with Gasteiger partial charge in [-0.2, -0.15) is 0 Å². The molecule has 3 amide bonds. The Balaban J connectivity index is 1.47. The number of rotatable bonds is 5. The van der Waals surface area contributed by atoms with Gasteiger partial charge in [0.1, 0.15) is 10.7 Å². The quantitative estimate of drug-likeness (QED) is 0.698. The van der Waals surface area contributed by atoms with Crippen molar-refractivity contribution < 1.29 is 14.4 Å². The second-order valence-corrected chi connectivity index (χ2v) is 8.24. The minimum atomic E-state index is -0.433. The van der Waals surface area contributed by atoms with Crippen LogP contribution in [0, 0.1) is 0 Å². The molecule has 4 rings (SSSR count). The van der Waals surface area contributed by atoms with Crippen molar-refractivity contribution in [2.75, 3.05) is 17.3 Å². The van der Waals surface area contributed by atoms with Crippen molar-refractivity contribution in [1.82, 2.24) is 4.90 Å². The molecule has 2 aromatic rings. The fraction of sp³-hybridized carbons (Fsp3) is 0.292. The number of amides is 3. The van der Waals surface area contributed by atoms with E-state index in [1.807, 2.05) is 30.3 Å². The van der Waals surface area contributed by atoms with Crippen LogP contribution in [0.25, 0.3) is 0 Å². The molecule has 0 aromatic heterocycles. The van der Waals surface area contributed by atoms with E-state index in [9.17, 15) is 14.4 Å². The van der Waals surface area contributed by atoms with Crippen molar-refractivity contribution in [3.8, 4) is 0 Å². The maximum Gasteiger partial charge on any atom is 0.279 e. The van der Waals surface area contributed by atoms with Gasteiger partial charge < -0.3 is 10.2 Å². The summed E-state index contributed by atoms with van der Waals surface area (Å²) in [6.45, 7) is 0. The molecule has 1 aliphatic carbocycles. The van der Waals surface area contributed by atoms with Crippen LogP contribution in [0.5, 0.6) is 0 Å². The Labute approximate surface area is 186 Å². The number of hydrogen-bond donors (Lipinski definition) is 1. The van der Waals surface area contributed by atoms with Gasteiger partial charge >= 0.3 is 0 Å². The Kier molecular flexibility index (Phi) is 6.09. The number of benzene rings is 2. The van der Waals surface area contributed by atoms with E-state index in [0.717, 1.165) is 37.8 Å².